The Kier molecular flexibility index (Phi) is 4.36. The number of hydrogen-bond acceptors (Lipinski definition) is 3. The van der Waals surface area contributed by atoms with Crippen molar-refractivity contribution >= 4 is 5.91 Å². The summed E-state index contributed by atoms with van der Waals surface area (Å²) in [5.74, 6) is -0.0371. The molecule has 0 radical (unpaired) electrons. The molecule has 1 aliphatic rings. The third-order valence-electron chi connectivity index (χ3n) is 4.07. The third-order valence-corrected chi connectivity index (χ3v) is 4.07. The van der Waals surface area contributed by atoms with Crippen LogP contribution in [0.1, 0.15) is 46.3 Å². The quantitative estimate of drug-likeness (QED) is 0.889. The molecule has 1 aliphatic carbocycles. The minimum atomic E-state index is -4.40. The summed E-state index contributed by atoms with van der Waals surface area (Å²) in [6, 6.07) is 5.46. The molecule has 1 amide bonds. The minimum Gasteiger partial charge on any atom is -0.344 e. The topological polar surface area (TPSA) is 74.8 Å². The van der Waals surface area contributed by atoms with Crippen LogP contribution in [0.3, 0.4) is 0 Å². The summed E-state index contributed by atoms with van der Waals surface area (Å²) in [6.45, 7) is 1.56. The zero-order valence-electron chi connectivity index (χ0n) is 13.4. The maximum atomic E-state index is 12.7. The lowest BCUT2D eigenvalue weighted by atomic mass is 10.0. The van der Waals surface area contributed by atoms with E-state index in [1.54, 1.807) is 6.92 Å². The van der Waals surface area contributed by atoms with E-state index in [4.69, 9.17) is 0 Å². The van der Waals surface area contributed by atoms with Crippen molar-refractivity contribution in [1.82, 2.24) is 15.3 Å². The van der Waals surface area contributed by atoms with Gasteiger partial charge in [0.2, 0.25) is 0 Å². The van der Waals surface area contributed by atoms with E-state index in [-0.39, 0.29) is 11.6 Å². The number of aromatic nitrogens is 2. The summed E-state index contributed by atoms with van der Waals surface area (Å²) < 4.78 is 38.1. The normalized spacial score (nSPS) is 15.7. The zero-order chi connectivity index (χ0) is 18.2. The number of nitrogens with zero attached hydrogens (tertiary/aromatic N) is 1. The first-order valence-electron chi connectivity index (χ1n) is 7.80. The van der Waals surface area contributed by atoms with Gasteiger partial charge in [-0.2, -0.15) is 13.2 Å². The van der Waals surface area contributed by atoms with Crippen LogP contribution in [-0.2, 0) is 6.18 Å². The number of carbonyl (C=O) groups excluding carboxylic acids is 1. The Morgan fingerprint density at radius 3 is 2.44 bits per heavy atom. The van der Waals surface area contributed by atoms with Gasteiger partial charge in [-0.05, 0) is 43.4 Å². The van der Waals surface area contributed by atoms with Gasteiger partial charge in [0.25, 0.3) is 11.5 Å². The second-order valence-electron chi connectivity index (χ2n) is 6.12. The first kappa shape index (κ1) is 17.2. The number of carbonyl (C=O) groups is 1. The summed E-state index contributed by atoms with van der Waals surface area (Å²) in [6.07, 6.45) is -2.63. The maximum Gasteiger partial charge on any atom is 0.416 e. The van der Waals surface area contributed by atoms with E-state index in [0.717, 1.165) is 31.0 Å². The predicted molar refractivity (Wildman–Crippen MR) is 84.0 cm³/mol. The second kappa shape index (κ2) is 6.34. The molecule has 1 aromatic carbocycles. The molecule has 1 aromatic heterocycles. The van der Waals surface area contributed by atoms with Crippen LogP contribution >= 0.6 is 0 Å². The van der Waals surface area contributed by atoms with Crippen molar-refractivity contribution in [2.45, 2.75) is 32.0 Å². The highest BCUT2D eigenvalue weighted by molar-refractivity contribution is 5.92. The number of halogens is 3. The number of H-pyrrole nitrogens is 1. The zero-order valence-corrected chi connectivity index (χ0v) is 13.4. The number of hydrogen-bond donors (Lipinski definition) is 2. The van der Waals surface area contributed by atoms with Crippen LogP contribution in [0.25, 0.3) is 0 Å². The largest absolute Gasteiger partial charge is 0.416 e. The third kappa shape index (κ3) is 4.07. The molecule has 5 nitrogen and oxygen atoms in total. The van der Waals surface area contributed by atoms with Crippen molar-refractivity contribution in [3.63, 3.8) is 0 Å². The lowest BCUT2D eigenvalue weighted by Gasteiger charge is -2.19. The molecule has 2 N–H and O–H groups in total. The molecule has 0 bridgehead atoms. The Morgan fingerprint density at radius 1 is 1.28 bits per heavy atom. The van der Waals surface area contributed by atoms with Gasteiger partial charge in [0, 0.05) is 6.07 Å². The molecular weight excluding hydrogens is 335 g/mol. The average Bonchev–Trinajstić information content (AvgIpc) is 3.35. The summed E-state index contributed by atoms with van der Waals surface area (Å²) in [5, 5.41) is 2.79. The van der Waals surface area contributed by atoms with Crippen molar-refractivity contribution in [1.29, 1.82) is 0 Å². The molecule has 0 aliphatic heterocycles. The van der Waals surface area contributed by atoms with Gasteiger partial charge < -0.3 is 10.3 Å². The van der Waals surface area contributed by atoms with Crippen LogP contribution in [0.4, 0.5) is 13.2 Å². The van der Waals surface area contributed by atoms with Gasteiger partial charge >= 0.3 is 6.18 Å². The van der Waals surface area contributed by atoms with Crippen molar-refractivity contribution < 1.29 is 18.0 Å². The van der Waals surface area contributed by atoms with E-state index in [0.29, 0.717) is 11.4 Å². The van der Waals surface area contributed by atoms with Gasteiger partial charge in [-0.3, -0.25) is 9.59 Å². The summed E-state index contributed by atoms with van der Waals surface area (Å²) in [4.78, 5) is 30.3. The van der Waals surface area contributed by atoms with E-state index < -0.39 is 29.2 Å². The number of benzene rings is 1. The Bertz CT molecular complexity index is 839. The van der Waals surface area contributed by atoms with Crippen molar-refractivity contribution in [3.05, 3.63) is 63.3 Å². The van der Waals surface area contributed by atoms with Gasteiger partial charge in [0.15, 0.2) is 0 Å². The molecule has 3 rings (SSSR count). The molecule has 0 unspecified atom stereocenters. The predicted octanol–water partition coefficient (Wildman–Crippen LogP) is 2.98. The molecule has 1 atom stereocenters. The fraction of sp³-hybridized carbons (Fsp3) is 0.353. The molecule has 1 heterocycles. The number of amides is 1. The fourth-order valence-electron chi connectivity index (χ4n) is 2.69. The van der Waals surface area contributed by atoms with Gasteiger partial charge in [0.05, 0.1) is 11.6 Å². The van der Waals surface area contributed by atoms with Crippen LogP contribution in [0.2, 0.25) is 0 Å². The van der Waals surface area contributed by atoms with Crippen LogP contribution in [0, 0.1) is 12.8 Å². The molecule has 0 saturated heterocycles. The molecule has 8 heteroatoms. The molecular formula is C17H16F3N3O2. The second-order valence-corrected chi connectivity index (χ2v) is 6.12. The molecule has 0 spiro atoms. The van der Waals surface area contributed by atoms with E-state index in [2.05, 4.69) is 15.3 Å². The highest BCUT2D eigenvalue weighted by Gasteiger charge is 2.35. The van der Waals surface area contributed by atoms with E-state index in [9.17, 15) is 22.8 Å². The Hall–Kier alpha value is -2.64. The molecule has 2 aromatic rings. The number of aromatic amines is 1. The summed E-state index contributed by atoms with van der Waals surface area (Å²) >= 11 is 0. The molecule has 25 heavy (non-hydrogen) atoms. The van der Waals surface area contributed by atoms with Gasteiger partial charge in [-0.25, -0.2) is 4.98 Å². The maximum absolute atomic E-state index is 12.7. The summed E-state index contributed by atoms with van der Waals surface area (Å²) in [7, 11) is 0. The first-order valence-corrected chi connectivity index (χ1v) is 7.80. The molecule has 132 valence electrons. The highest BCUT2D eigenvalue weighted by atomic mass is 19.4. The Morgan fingerprint density at radius 2 is 1.92 bits per heavy atom. The average molecular weight is 351 g/mol. The van der Waals surface area contributed by atoms with Gasteiger partial charge in [0.1, 0.15) is 11.5 Å². The minimum absolute atomic E-state index is 0.0150. The Balaban J connectivity index is 1.82. The van der Waals surface area contributed by atoms with Crippen molar-refractivity contribution in [2.75, 3.05) is 0 Å². The van der Waals surface area contributed by atoms with E-state index in [1.165, 1.54) is 12.1 Å². The monoisotopic (exact) mass is 351 g/mol. The highest BCUT2D eigenvalue weighted by Crippen LogP contribution is 2.41. The van der Waals surface area contributed by atoms with E-state index >= 15 is 0 Å². The lowest BCUT2D eigenvalue weighted by Crippen LogP contribution is -2.31. The first-order chi connectivity index (χ1) is 11.7. The fourth-order valence-corrected chi connectivity index (χ4v) is 2.69. The number of nitrogens with one attached hydrogen (secondary N) is 2. The molecule has 1 fully saturated rings. The van der Waals surface area contributed by atoms with E-state index in [1.807, 2.05) is 0 Å². The van der Waals surface area contributed by atoms with Crippen molar-refractivity contribution in [3.8, 4) is 0 Å². The standard InChI is InChI=1S/C17H16F3N3O2/c1-9-21-13(8-14(24)22-9)16(25)23-15(10-2-3-10)11-4-6-12(7-5-11)17(18,19)20/h4-8,10,15H,2-3H2,1H3,(H,23,25)(H,21,22,24)/t15-/m1/s1. The lowest BCUT2D eigenvalue weighted by molar-refractivity contribution is -0.137. The van der Waals surface area contributed by atoms with Crippen LogP contribution in [0.15, 0.2) is 35.1 Å². The van der Waals surface area contributed by atoms with Crippen LogP contribution in [-0.4, -0.2) is 15.9 Å². The number of alkyl halides is 3. The summed E-state index contributed by atoms with van der Waals surface area (Å²) in [5.41, 5.74) is -0.580. The van der Waals surface area contributed by atoms with Crippen LogP contribution in [0.5, 0.6) is 0 Å². The number of rotatable bonds is 4. The number of aryl methyl sites for hydroxylation is 1. The van der Waals surface area contributed by atoms with Crippen molar-refractivity contribution in [2.24, 2.45) is 5.92 Å². The van der Waals surface area contributed by atoms with Gasteiger partial charge in [-0.1, -0.05) is 12.1 Å². The SMILES string of the molecule is Cc1nc(C(=O)N[C@@H](c2ccc(C(F)(F)F)cc2)C2CC2)cc(=O)[nH]1. The smallest absolute Gasteiger partial charge is 0.344 e. The Labute approximate surface area is 141 Å². The molecule has 1 saturated carbocycles. The van der Waals surface area contributed by atoms with Crippen LogP contribution < -0.4 is 10.9 Å². The van der Waals surface area contributed by atoms with Gasteiger partial charge in [-0.15, -0.1) is 0 Å².